The van der Waals surface area contributed by atoms with Gasteiger partial charge >= 0.3 is 0 Å². The van der Waals surface area contributed by atoms with E-state index < -0.39 is 0 Å². The first-order valence-electron chi connectivity index (χ1n) is 7.06. The maximum atomic E-state index is 5.65. The van der Waals surface area contributed by atoms with Gasteiger partial charge in [-0.3, -0.25) is 0 Å². The molecule has 19 heavy (non-hydrogen) atoms. The topological polar surface area (TPSA) is 25.2 Å². The molecule has 0 bridgehead atoms. The number of nitrogens with one attached hydrogen (secondary N) is 1. The molecule has 2 heteroatoms. The van der Waals surface area contributed by atoms with Crippen LogP contribution >= 0.6 is 0 Å². The van der Waals surface area contributed by atoms with Crippen LogP contribution in [0.15, 0.2) is 47.1 Å². The van der Waals surface area contributed by atoms with Crippen molar-refractivity contribution in [3.05, 3.63) is 48.2 Å². The molecule has 0 radical (unpaired) electrons. The van der Waals surface area contributed by atoms with Crippen molar-refractivity contribution in [3.8, 4) is 0 Å². The van der Waals surface area contributed by atoms with Crippen LogP contribution < -0.4 is 5.32 Å². The monoisotopic (exact) mass is 257 g/mol. The van der Waals surface area contributed by atoms with E-state index in [1.807, 2.05) is 18.4 Å². The van der Waals surface area contributed by atoms with E-state index in [2.05, 4.69) is 37.9 Å². The Balaban J connectivity index is 2.23. The fourth-order valence-corrected chi connectivity index (χ4v) is 2.35. The Labute approximate surface area is 115 Å². The van der Waals surface area contributed by atoms with Crippen LogP contribution in [0.4, 0.5) is 0 Å². The number of hydrogen-bond acceptors (Lipinski definition) is 2. The Kier molecular flexibility index (Phi) is 4.80. The normalized spacial score (nSPS) is 12.7. The van der Waals surface area contributed by atoms with Crippen molar-refractivity contribution in [1.29, 1.82) is 0 Å². The summed E-state index contributed by atoms with van der Waals surface area (Å²) in [5.74, 6) is 0. The van der Waals surface area contributed by atoms with E-state index in [9.17, 15) is 0 Å². The molecule has 1 N–H and O–H groups in total. The first-order valence-corrected chi connectivity index (χ1v) is 7.06. The minimum absolute atomic E-state index is 0.347. The average molecular weight is 257 g/mol. The molecule has 2 nitrogen and oxygen atoms in total. The van der Waals surface area contributed by atoms with Crippen LogP contribution in [0, 0.1) is 0 Å². The van der Waals surface area contributed by atoms with Crippen molar-refractivity contribution < 1.29 is 4.42 Å². The van der Waals surface area contributed by atoms with Gasteiger partial charge in [-0.1, -0.05) is 30.7 Å². The van der Waals surface area contributed by atoms with Crippen molar-refractivity contribution >= 4 is 11.0 Å². The van der Waals surface area contributed by atoms with Crippen LogP contribution in [0.2, 0.25) is 0 Å². The molecule has 1 aromatic heterocycles. The molecular weight excluding hydrogens is 234 g/mol. The molecule has 0 aliphatic rings. The summed E-state index contributed by atoms with van der Waals surface area (Å²) >= 11 is 0. The lowest BCUT2D eigenvalue weighted by Gasteiger charge is -2.17. The zero-order valence-electron chi connectivity index (χ0n) is 11.9. The van der Waals surface area contributed by atoms with E-state index in [0.29, 0.717) is 6.04 Å². The van der Waals surface area contributed by atoms with Gasteiger partial charge in [0.1, 0.15) is 5.58 Å². The fraction of sp³-hybridized carbons (Fsp3) is 0.412. The molecule has 0 amide bonds. The lowest BCUT2D eigenvalue weighted by Crippen LogP contribution is -2.22. The highest BCUT2D eigenvalue weighted by molar-refractivity contribution is 5.81. The zero-order chi connectivity index (χ0) is 13.7. The third-order valence-electron chi connectivity index (χ3n) is 3.39. The van der Waals surface area contributed by atoms with E-state index in [1.54, 1.807) is 0 Å². The summed E-state index contributed by atoms with van der Waals surface area (Å²) in [6.07, 6.45) is 5.15. The highest BCUT2D eigenvalue weighted by atomic mass is 16.3. The highest BCUT2D eigenvalue weighted by Gasteiger charge is 2.16. The van der Waals surface area contributed by atoms with E-state index in [4.69, 9.17) is 4.42 Å². The predicted octanol–water partition coefficient (Wildman–Crippen LogP) is 4.83. The summed E-state index contributed by atoms with van der Waals surface area (Å²) in [6, 6.07) is 8.58. The van der Waals surface area contributed by atoms with Crippen LogP contribution in [0.25, 0.3) is 11.0 Å². The maximum absolute atomic E-state index is 5.65. The van der Waals surface area contributed by atoms with Crippen LogP contribution in [0.3, 0.4) is 0 Å². The third-order valence-corrected chi connectivity index (χ3v) is 3.39. The number of para-hydroxylation sites is 1. The largest absolute Gasteiger partial charge is 0.464 e. The van der Waals surface area contributed by atoms with Gasteiger partial charge in [-0.15, -0.1) is 6.58 Å². The van der Waals surface area contributed by atoms with E-state index >= 15 is 0 Å². The molecule has 0 saturated heterocycles. The van der Waals surface area contributed by atoms with Crippen molar-refractivity contribution in [1.82, 2.24) is 5.32 Å². The molecule has 2 aromatic rings. The SMILES string of the molecule is C=C(C)CCC(NCCC)c1coc2ccccc12. The average Bonchev–Trinajstić information content (AvgIpc) is 2.83. The van der Waals surface area contributed by atoms with Gasteiger partial charge in [0.25, 0.3) is 0 Å². The van der Waals surface area contributed by atoms with Crippen LogP contribution in [0.5, 0.6) is 0 Å². The molecule has 2 rings (SSSR count). The number of furan rings is 1. The second kappa shape index (κ2) is 6.58. The molecule has 1 atom stereocenters. The van der Waals surface area contributed by atoms with Gasteiger partial charge < -0.3 is 9.73 Å². The van der Waals surface area contributed by atoms with Gasteiger partial charge in [-0.25, -0.2) is 0 Å². The van der Waals surface area contributed by atoms with Crippen molar-refractivity contribution in [3.63, 3.8) is 0 Å². The standard InChI is InChI=1S/C17H23NO/c1-4-11-18-16(10-9-13(2)3)15-12-19-17-8-6-5-7-14(15)17/h5-8,12,16,18H,2,4,9-11H2,1,3H3. The van der Waals surface area contributed by atoms with Crippen molar-refractivity contribution in [2.75, 3.05) is 6.54 Å². The lowest BCUT2D eigenvalue weighted by atomic mass is 9.99. The predicted molar refractivity (Wildman–Crippen MR) is 81.3 cm³/mol. The molecule has 0 saturated carbocycles. The van der Waals surface area contributed by atoms with Gasteiger partial charge in [-0.2, -0.15) is 0 Å². The second-order valence-corrected chi connectivity index (χ2v) is 5.19. The summed E-state index contributed by atoms with van der Waals surface area (Å²) in [6.45, 7) is 9.31. The number of fused-ring (bicyclic) bond motifs is 1. The summed E-state index contributed by atoms with van der Waals surface area (Å²) in [7, 11) is 0. The molecule has 1 aromatic carbocycles. The summed E-state index contributed by atoms with van der Waals surface area (Å²) in [5.41, 5.74) is 3.47. The molecule has 102 valence electrons. The van der Waals surface area contributed by atoms with Crippen LogP contribution in [-0.4, -0.2) is 6.54 Å². The first kappa shape index (κ1) is 13.9. The molecular formula is C17H23NO. The van der Waals surface area contributed by atoms with Gasteiger partial charge in [0.15, 0.2) is 0 Å². The van der Waals surface area contributed by atoms with E-state index in [1.165, 1.54) is 16.5 Å². The minimum atomic E-state index is 0.347. The van der Waals surface area contributed by atoms with Crippen LogP contribution in [0.1, 0.15) is 44.7 Å². The Morgan fingerprint density at radius 2 is 2.16 bits per heavy atom. The third kappa shape index (κ3) is 3.48. The van der Waals surface area contributed by atoms with E-state index in [0.717, 1.165) is 31.4 Å². The summed E-state index contributed by atoms with van der Waals surface area (Å²) in [5, 5.41) is 4.84. The maximum Gasteiger partial charge on any atom is 0.134 e. The van der Waals surface area contributed by atoms with Crippen molar-refractivity contribution in [2.45, 2.75) is 39.2 Å². The Morgan fingerprint density at radius 3 is 2.89 bits per heavy atom. The molecule has 0 fully saturated rings. The molecule has 0 spiro atoms. The van der Waals surface area contributed by atoms with Gasteiger partial charge in [-0.05, 0) is 38.8 Å². The molecule has 1 heterocycles. The molecule has 0 aliphatic heterocycles. The van der Waals surface area contributed by atoms with Gasteiger partial charge in [0, 0.05) is 17.0 Å². The Morgan fingerprint density at radius 1 is 1.37 bits per heavy atom. The summed E-state index contributed by atoms with van der Waals surface area (Å²) < 4.78 is 5.65. The van der Waals surface area contributed by atoms with Gasteiger partial charge in [0.2, 0.25) is 0 Å². The lowest BCUT2D eigenvalue weighted by molar-refractivity contribution is 0.492. The number of benzene rings is 1. The Bertz CT molecular complexity index is 541. The molecule has 0 aliphatic carbocycles. The number of allylic oxidation sites excluding steroid dienone is 1. The smallest absolute Gasteiger partial charge is 0.134 e. The highest BCUT2D eigenvalue weighted by Crippen LogP contribution is 2.29. The summed E-state index contributed by atoms with van der Waals surface area (Å²) in [4.78, 5) is 0. The van der Waals surface area contributed by atoms with Gasteiger partial charge in [0.05, 0.1) is 6.26 Å². The number of rotatable bonds is 7. The minimum Gasteiger partial charge on any atom is -0.464 e. The fourth-order valence-electron chi connectivity index (χ4n) is 2.35. The number of hydrogen-bond donors (Lipinski definition) is 1. The van der Waals surface area contributed by atoms with Crippen LogP contribution in [-0.2, 0) is 0 Å². The van der Waals surface area contributed by atoms with E-state index in [-0.39, 0.29) is 0 Å². The second-order valence-electron chi connectivity index (χ2n) is 5.19. The molecule has 1 unspecified atom stereocenters. The quantitative estimate of drug-likeness (QED) is 0.719. The zero-order valence-corrected chi connectivity index (χ0v) is 11.9. The first-order chi connectivity index (χ1) is 9.22. The Hall–Kier alpha value is -1.54. The van der Waals surface area contributed by atoms with Crippen molar-refractivity contribution in [2.24, 2.45) is 0 Å².